The summed E-state index contributed by atoms with van der Waals surface area (Å²) in [6, 6.07) is 1.87. The predicted octanol–water partition coefficient (Wildman–Crippen LogP) is 2.82. The van der Waals surface area contributed by atoms with Crippen LogP contribution in [0.3, 0.4) is 0 Å². The summed E-state index contributed by atoms with van der Waals surface area (Å²) >= 11 is 0. The van der Waals surface area contributed by atoms with Crippen LogP contribution in [0.5, 0.6) is 0 Å². The van der Waals surface area contributed by atoms with Gasteiger partial charge in [0, 0.05) is 30.3 Å². The number of alkyl halides is 3. The number of nitrogens with zero attached hydrogens (tertiary/aromatic N) is 4. The zero-order valence-electron chi connectivity index (χ0n) is 13.2. The molecule has 1 aliphatic carbocycles. The van der Waals surface area contributed by atoms with E-state index in [0.717, 1.165) is 36.8 Å². The second kappa shape index (κ2) is 5.58. The predicted molar refractivity (Wildman–Crippen MR) is 79.6 cm³/mol. The fraction of sp³-hybridized carbons (Fsp3) is 0.667. The highest BCUT2D eigenvalue weighted by atomic mass is 19.4. The topological polar surface area (TPSA) is 64.3 Å². The molecule has 0 radical (unpaired) electrons. The smallest absolute Gasteiger partial charge is 0.378 e. The van der Waals surface area contributed by atoms with Crippen LogP contribution in [0.4, 0.5) is 19.0 Å². The third kappa shape index (κ3) is 2.70. The molecule has 1 saturated heterocycles. The number of aryl methyl sites for hydroxylation is 1. The highest BCUT2D eigenvalue weighted by molar-refractivity contribution is 5.46. The van der Waals surface area contributed by atoms with Crippen molar-refractivity contribution in [2.45, 2.75) is 50.9 Å². The molecule has 1 N–H and O–H groups in total. The van der Waals surface area contributed by atoms with E-state index in [-0.39, 0.29) is 17.9 Å². The van der Waals surface area contributed by atoms with E-state index < -0.39 is 12.0 Å². The molecule has 4 rings (SSSR count). The van der Waals surface area contributed by atoms with Gasteiger partial charge in [-0.25, -0.2) is 4.98 Å². The minimum Gasteiger partial charge on any atom is -0.378 e. The van der Waals surface area contributed by atoms with Crippen molar-refractivity contribution in [2.75, 3.05) is 11.9 Å². The van der Waals surface area contributed by atoms with Gasteiger partial charge in [-0.3, -0.25) is 0 Å². The van der Waals surface area contributed by atoms with E-state index in [9.17, 15) is 13.2 Å². The first-order valence-corrected chi connectivity index (χ1v) is 8.11. The molecular formula is C15H18F3N5O. The van der Waals surface area contributed by atoms with Crippen LogP contribution in [-0.4, -0.2) is 38.3 Å². The first-order valence-electron chi connectivity index (χ1n) is 8.11. The third-order valence-corrected chi connectivity index (χ3v) is 4.81. The molecule has 24 heavy (non-hydrogen) atoms. The largest absolute Gasteiger partial charge is 0.453 e. The Kier molecular flexibility index (Phi) is 3.63. The van der Waals surface area contributed by atoms with Gasteiger partial charge in [-0.05, 0) is 32.6 Å². The van der Waals surface area contributed by atoms with E-state index >= 15 is 0 Å². The molecule has 3 atom stereocenters. The Morgan fingerprint density at radius 1 is 1.25 bits per heavy atom. The van der Waals surface area contributed by atoms with Gasteiger partial charge in [0.05, 0.1) is 6.10 Å². The standard InChI is InChI=1S/C15H18F3N5O/c1-8-7-12(20-10-3-2-4-11-9(10)5-6-24-11)23-14(19-8)21-13(22-23)15(16,17)18/h7,9-11,20H,2-6H2,1H3. The van der Waals surface area contributed by atoms with Crippen LogP contribution in [0.15, 0.2) is 6.07 Å². The van der Waals surface area contributed by atoms with Gasteiger partial charge in [-0.15, -0.1) is 5.10 Å². The lowest BCUT2D eigenvalue weighted by Gasteiger charge is -2.33. The van der Waals surface area contributed by atoms with Crippen molar-refractivity contribution in [1.29, 1.82) is 0 Å². The number of nitrogens with one attached hydrogen (secondary N) is 1. The SMILES string of the molecule is Cc1cc(NC2CCCC3OCCC23)n2nc(C(F)(F)F)nc2n1. The van der Waals surface area contributed by atoms with Crippen molar-refractivity contribution >= 4 is 11.6 Å². The molecule has 3 unspecified atom stereocenters. The molecule has 2 aromatic heterocycles. The maximum Gasteiger partial charge on any atom is 0.453 e. The highest BCUT2D eigenvalue weighted by Gasteiger charge is 2.39. The van der Waals surface area contributed by atoms with Crippen molar-refractivity contribution in [3.05, 3.63) is 17.6 Å². The number of hydrogen-bond donors (Lipinski definition) is 1. The fourth-order valence-electron chi connectivity index (χ4n) is 3.75. The Bertz CT molecular complexity index is 759. The van der Waals surface area contributed by atoms with E-state index in [1.807, 2.05) is 0 Å². The Hall–Kier alpha value is -1.90. The van der Waals surface area contributed by atoms with Gasteiger partial charge >= 0.3 is 6.18 Å². The molecule has 3 heterocycles. The molecule has 2 aliphatic rings. The maximum atomic E-state index is 12.9. The monoisotopic (exact) mass is 341 g/mol. The summed E-state index contributed by atoms with van der Waals surface area (Å²) < 4.78 is 45.6. The minimum absolute atomic E-state index is 0.0418. The number of anilines is 1. The second-order valence-electron chi connectivity index (χ2n) is 6.47. The second-order valence-corrected chi connectivity index (χ2v) is 6.47. The first kappa shape index (κ1) is 15.6. The van der Waals surface area contributed by atoms with Crippen LogP contribution < -0.4 is 5.32 Å². The molecule has 9 heteroatoms. The van der Waals surface area contributed by atoms with E-state index in [1.165, 1.54) is 0 Å². The lowest BCUT2D eigenvalue weighted by Crippen LogP contribution is -2.38. The van der Waals surface area contributed by atoms with Crippen molar-refractivity contribution in [3.63, 3.8) is 0 Å². The van der Waals surface area contributed by atoms with Crippen molar-refractivity contribution in [1.82, 2.24) is 19.6 Å². The molecule has 0 spiro atoms. The Morgan fingerprint density at radius 3 is 2.88 bits per heavy atom. The van der Waals surface area contributed by atoms with Gasteiger partial charge < -0.3 is 10.1 Å². The van der Waals surface area contributed by atoms with Gasteiger partial charge in [-0.2, -0.15) is 22.7 Å². The maximum absolute atomic E-state index is 12.9. The van der Waals surface area contributed by atoms with Crippen LogP contribution in [0.2, 0.25) is 0 Å². The molecule has 130 valence electrons. The zero-order chi connectivity index (χ0) is 16.9. The summed E-state index contributed by atoms with van der Waals surface area (Å²) in [6.07, 6.45) is -0.314. The number of fused-ring (bicyclic) bond motifs is 2. The number of aromatic nitrogens is 4. The first-order chi connectivity index (χ1) is 11.4. The third-order valence-electron chi connectivity index (χ3n) is 4.81. The average Bonchev–Trinajstić information content (AvgIpc) is 3.12. The Labute approximate surface area is 136 Å². The molecule has 0 amide bonds. The van der Waals surface area contributed by atoms with E-state index in [1.54, 1.807) is 13.0 Å². The van der Waals surface area contributed by atoms with Crippen molar-refractivity contribution < 1.29 is 17.9 Å². The highest BCUT2D eigenvalue weighted by Crippen LogP contribution is 2.36. The Morgan fingerprint density at radius 2 is 2.08 bits per heavy atom. The Balaban J connectivity index is 1.69. The van der Waals surface area contributed by atoms with Gasteiger partial charge in [0.2, 0.25) is 0 Å². The fourth-order valence-corrected chi connectivity index (χ4v) is 3.75. The zero-order valence-corrected chi connectivity index (χ0v) is 13.2. The quantitative estimate of drug-likeness (QED) is 0.910. The van der Waals surface area contributed by atoms with Crippen molar-refractivity contribution in [3.8, 4) is 0 Å². The van der Waals surface area contributed by atoms with Crippen LogP contribution >= 0.6 is 0 Å². The number of rotatable bonds is 2. The van der Waals surface area contributed by atoms with E-state index in [4.69, 9.17) is 4.74 Å². The number of ether oxygens (including phenoxy) is 1. The van der Waals surface area contributed by atoms with E-state index in [2.05, 4.69) is 20.4 Å². The summed E-state index contributed by atoms with van der Waals surface area (Å²) in [5.74, 6) is -0.333. The lowest BCUT2D eigenvalue weighted by atomic mass is 9.82. The van der Waals surface area contributed by atoms with Gasteiger partial charge in [0.25, 0.3) is 11.6 Å². The van der Waals surface area contributed by atoms with E-state index in [0.29, 0.717) is 17.4 Å². The molecule has 0 bridgehead atoms. The van der Waals surface area contributed by atoms with Crippen LogP contribution in [-0.2, 0) is 10.9 Å². The van der Waals surface area contributed by atoms with Gasteiger partial charge in [0.1, 0.15) is 5.82 Å². The summed E-state index contributed by atoms with van der Waals surface area (Å²) in [6.45, 7) is 2.48. The number of hydrogen-bond acceptors (Lipinski definition) is 5. The van der Waals surface area contributed by atoms with Crippen LogP contribution in [0.25, 0.3) is 5.78 Å². The van der Waals surface area contributed by atoms with Gasteiger partial charge in [0.15, 0.2) is 0 Å². The lowest BCUT2D eigenvalue weighted by molar-refractivity contribution is -0.144. The summed E-state index contributed by atoms with van der Waals surface area (Å²) in [5, 5.41) is 6.97. The van der Waals surface area contributed by atoms with Crippen LogP contribution in [0, 0.1) is 12.8 Å². The molecule has 6 nitrogen and oxygen atoms in total. The molecule has 1 aliphatic heterocycles. The molecule has 1 saturated carbocycles. The normalized spacial score (nSPS) is 27.4. The summed E-state index contributed by atoms with van der Waals surface area (Å²) in [7, 11) is 0. The van der Waals surface area contributed by atoms with Crippen molar-refractivity contribution in [2.24, 2.45) is 5.92 Å². The molecule has 2 aromatic rings. The van der Waals surface area contributed by atoms with Crippen LogP contribution in [0.1, 0.15) is 37.2 Å². The minimum atomic E-state index is -4.59. The summed E-state index contributed by atoms with van der Waals surface area (Å²) in [4.78, 5) is 7.57. The molecule has 2 fully saturated rings. The average molecular weight is 341 g/mol. The summed E-state index contributed by atoms with van der Waals surface area (Å²) in [5.41, 5.74) is 0.598. The molecule has 0 aromatic carbocycles. The number of halogens is 3. The van der Waals surface area contributed by atoms with Gasteiger partial charge in [-0.1, -0.05) is 0 Å². The molecular weight excluding hydrogens is 323 g/mol.